The summed E-state index contributed by atoms with van der Waals surface area (Å²) in [5.74, 6) is 0.133. The van der Waals surface area contributed by atoms with E-state index < -0.39 is 0 Å². The van der Waals surface area contributed by atoms with Crippen molar-refractivity contribution in [3.8, 4) is 0 Å². The zero-order valence-corrected chi connectivity index (χ0v) is 13.0. The van der Waals surface area contributed by atoms with Gasteiger partial charge in [0, 0.05) is 48.8 Å². The van der Waals surface area contributed by atoms with Gasteiger partial charge in [-0.15, -0.1) is 11.3 Å². The van der Waals surface area contributed by atoms with Gasteiger partial charge in [0.05, 0.1) is 5.00 Å². The van der Waals surface area contributed by atoms with E-state index in [0.29, 0.717) is 0 Å². The molecule has 3 aromatic rings. The fourth-order valence-corrected chi connectivity index (χ4v) is 3.73. The summed E-state index contributed by atoms with van der Waals surface area (Å²) in [6.45, 7) is 3.36. The number of piperazine rings is 1. The number of aromatic amines is 1. The fourth-order valence-electron chi connectivity index (χ4n) is 2.95. The monoisotopic (exact) mass is 311 g/mol. The van der Waals surface area contributed by atoms with Crippen LogP contribution in [0.4, 0.5) is 5.00 Å². The van der Waals surface area contributed by atoms with Crippen LogP contribution in [0.1, 0.15) is 10.4 Å². The van der Waals surface area contributed by atoms with Gasteiger partial charge in [0.1, 0.15) is 0 Å². The maximum absolute atomic E-state index is 12.7. The van der Waals surface area contributed by atoms with Gasteiger partial charge in [-0.25, -0.2) is 0 Å². The number of hydrogen-bond acceptors (Lipinski definition) is 3. The summed E-state index contributed by atoms with van der Waals surface area (Å²) in [6.07, 6.45) is 1.90. The van der Waals surface area contributed by atoms with Crippen LogP contribution in [0.25, 0.3) is 10.9 Å². The summed E-state index contributed by atoms with van der Waals surface area (Å²) in [5.41, 5.74) is 1.84. The Balaban J connectivity index is 1.47. The molecule has 1 amide bonds. The third-order valence-corrected chi connectivity index (χ3v) is 5.11. The molecule has 2 aromatic heterocycles. The van der Waals surface area contributed by atoms with E-state index in [0.717, 1.165) is 42.6 Å². The largest absolute Gasteiger partial charge is 0.361 e. The molecule has 3 heterocycles. The molecule has 0 saturated carbocycles. The number of anilines is 1. The predicted octanol–water partition coefficient (Wildman–Crippen LogP) is 3.19. The summed E-state index contributed by atoms with van der Waals surface area (Å²) < 4.78 is 0. The molecule has 0 radical (unpaired) electrons. The number of benzene rings is 1. The molecule has 1 aliphatic heterocycles. The van der Waals surface area contributed by atoms with Gasteiger partial charge < -0.3 is 14.8 Å². The molecule has 4 rings (SSSR count). The highest BCUT2D eigenvalue weighted by atomic mass is 32.1. The van der Waals surface area contributed by atoms with Crippen molar-refractivity contribution in [2.75, 3.05) is 31.1 Å². The van der Waals surface area contributed by atoms with Gasteiger partial charge >= 0.3 is 0 Å². The number of nitrogens with one attached hydrogen (secondary N) is 1. The van der Waals surface area contributed by atoms with Crippen LogP contribution in [0, 0.1) is 0 Å². The third-order valence-electron chi connectivity index (χ3n) is 4.18. The lowest BCUT2D eigenvalue weighted by atomic mass is 10.1. The number of carbonyl (C=O) groups is 1. The highest BCUT2D eigenvalue weighted by Crippen LogP contribution is 2.23. The van der Waals surface area contributed by atoms with Gasteiger partial charge in [0.15, 0.2) is 0 Å². The first-order chi connectivity index (χ1) is 10.8. The Morgan fingerprint density at radius 3 is 2.73 bits per heavy atom. The molecule has 1 N–H and O–H groups in total. The summed E-state index contributed by atoms with van der Waals surface area (Å²) in [6, 6.07) is 12.1. The van der Waals surface area contributed by atoms with Crippen LogP contribution in [0.15, 0.2) is 48.0 Å². The molecule has 1 fully saturated rings. The lowest BCUT2D eigenvalue weighted by Gasteiger charge is -2.35. The Kier molecular flexibility index (Phi) is 3.35. The number of thiophene rings is 1. The minimum Gasteiger partial charge on any atom is -0.361 e. The van der Waals surface area contributed by atoms with Crippen molar-refractivity contribution in [2.24, 2.45) is 0 Å². The first kappa shape index (κ1) is 13.4. The maximum Gasteiger partial charge on any atom is 0.253 e. The standard InChI is InChI=1S/C17H17N3OS/c21-17(14-3-4-15-13(12-14)5-6-18-15)20-9-7-19(8-10-20)16-2-1-11-22-16/h1-6,11-12,18H,7-10H2. The number of rotatable bonds is 2. The number of amides is 1. The average molecular weight is 311 g/mol. The van der Waals surface area contributed by atoms with E-state index in [4.69, 9.17) is 0 Å². The molecule has 5 heteroatoms. The zero-order chi connectivity index (χ0) is 14.9. The maximum atomic E-state index is 12.7. The van der Waals surface area contributed by atoms with Crippen molar-refractivity contribution in [3.63, 3.8) is 0 Å². The second-order valence-corrected chi connectivity index (χ2v) is 6.44. The zero-order valence-electron chi connectivity index (χ0n) is 12.2. The van der Waals surface area contributed by atoms with Crippen molar-refractivity contribution in [1.82, 2.24) is 9.88 Å². The van der Waals surface area contributed by atoms with Crippen molar-refractivity contribution < 1.29 is 4.79 Å². The topological polar surface area (TPSA) is 39.3 Å². The summed E-state index contributed by atoms with van der Waals surface area (Å²) in [7, 11) is 0. The van der Waals surface area contributed by atoms with Gasteiger partial charge in [0.25, 0.3) is 5.91 Å². The predicted molar refractivity (Wildman–Crippen MR) is 90.7 cm³/mol. The van der Waals surface area contributed by atoms with Crippen molar-refractivity contribution in [2.45, 2.75) is 0 Å². The minimum atomic E-state index is 0.133. The lowest BCUT2D eigenvalue weighted by Crippen LogP contribution is -2.48. The smallest absolute Gasteiger partial charge is 0.253 e. The lowest BCUT2D eigenvalue weighted by molar-refractivity contribution is 0.0747. The molecule has 112 valence electrons. The second-order valence-electron chi connectivity index (χ2n) is 5.51. The van der Waals surface area contributed by atoms with Gasteiger partial charge in [-0.05, 0) is 41.8 Å². The first-order valence-corrected chi connectivity index (χ1v) is 8.34. The van der Waals surface area contributed by atoms with Crippen LogP contribution in [-0.2, 0) is 0 Å². The molecule has 1 aliphatic rings. The van der Waals surface area contributed by atoms with Crippen molar-refractivity contribution in [3.05, 3.63) is 53.5 Å². The molecule has 0 bridgehead atoms. The molecule has 22 heavy (non-hydrogen) atoms. The summed E-state index contributed by atoms with van der Waals surface area (Å²) >= 11 is 1.76. The second kappa shape index (κ2) is 5.50. The minimum absolute atomic E-state index is 0.133. The summed E-state index contributed by atoms with van der Waals surface area (Å²) in [4.78, 5) is 20.1. The van der Waals surface area contributed by atoms with Crippen LogP contribution >= 0.6 is 11.3 Å². The highest BCUT2D eigenvalue weighted by Gasteiger charge is 2.22. The quantitative estimate of drug-likeness (QED) is 0.789. The molecule has 0 spiro atoms. The van der Waals surface area contributed by atoms with Crippen LogP contribution in [0.5, 0.6) is 0 Å². The van der Waals surface area contributed by atoms with E-state index in [1.54, 1.807) is 11.3 Å². The SMILES string of the molecule is O=C(c1ccc2[nH]ccc2c1)N1CCN(c2cccs2)CC1. The van der Waals surface area contributed by atoms with E-state index in [9.17, 15) is 4.79 Å². The Labute approximate surface area is 133 Å². The third kappa shape index (κ3) is 2.37. The Bertz CT molecular complexity index is 785. The van der Waals surface area contributed by atoms with Crippen LogP contribution < -0.4 is 4.90 Å². The normalized spacial score (nSPS) is 15.5. The van der Waals surface area contributed by atoms with Gasteiger partial charge in [-0.2, -0.15) is 0 Å². The van der Waals surface area contributed by atoms with Gasteiger partial charge in [-0.1, -0.05) is 0 Å². The Hall–Kier alpha value is -2.27. The number of aromatic nitrogens is 1. The van der Waals surface area contributed by atoms with E-state index >= 15 is 0 Å². The summed E-state index contributed by atoms with van der Waals surface area (Å²) in [5, 5.41) is 4.47. The number of nitrogens with zero attached hydrogens (tertiary/aromatic N) is 2. The van der Waals surface area contributed by atoms with E-state index in [-0.39, 0.29) is 5.91 Å². The van der Waals surface area contributed by atoms with E-state index in [2.05, 4.69) is 27.4 Å². The fraction of sp³-hybridized carbons (Fsp3) is 0.235. The molecule has 0 unspecified atom stereocenters. The van der Waals surface area contributed by atoms with Crippen LogP contribution in [0.3, 0.4) is 0 Å². The molecular weight excluding hydrogens is 294 g/mol. The molecule has 1 saturated heterocycles. The molecule has 0 aliphatic carbocycles. The number of hydrogen-bond donors (Lipinski definition) is 1. The van der Waals surface area contributed by atoms with Gasteiger partial charge in [0.2, 0.25) is 0 Å². The van der Waals surface area contributed by atoms with Crippen LogP contribution in [0.2, 0.25) is 0 Å². The molecule has 4 nitrogen and oxygen atoms in total. The van der Waals surface area contributed by atoms with E-state index in [1.165, 1.54) is 5.00 Å². The Morgan fingerprint density at radius 1 is 1.09 bits per heavy atom. The molecule has 1 aromatic carbocycles. The number of fused-ring (bicyclic) bond motifs is 1. The average Bonchev–Trinajstić information content (AvgIpc) is 3.25. The number of carbonyl (C=O) groups excluding carboxylic acids is 1. The van der Waals surface area contributed by atoms with E-state index in [1.807, 2.05) is 35.4 Å². The molecule has 0 atom stereocenters. The highest BCUT2D eigenvalue weighted by molar-refractivity contribution is 7.14. The number of H-pyrrole nitrogens is 1. The first-order valence-electron chi connectivity index (χ1n) is 7.46. The van der Waals surface area contributed by atoms with Crippen LogP contribution in [-0.4, -0.2) is 42.0 Å². The van der Waals surface area contributed by atoms with Crippen molar-refractivity contribution in [1.29, 1.82) is 0 Å². The van der Waals surface area contributed by atoms with Gasteiger partial charge in [-0.3, -0.25) is 4.79 Å². The Morgan fingerprint density at radius 2 is 1.95 bits per heavy atom. The van der Waals surface area contributed by atoms with Crippen molar-refractivity contribution >= 4 is 33.1 Å². The molecular formula is C17H17N3OS.